The van der Waals surface area contributed by atoms with E-state index in [-0.39, 0.29) is 11.8 Å². The number of hydrogen-bond acceptors (Lipinski definition) is 6. The number of rotatable bonds is 4. The number of nitrogens with one attached hydrogen (secondary N) is 1. The summed E-state index contributed by atoms with van der Waals surface area (Å²) in [4.78, 5) is 36.3. The molecule has 1 saturated carbocycles. The van der Waals surface area contributed by atoms with E-state index in [1.54, 1.807) is 11.0 Å². The van der Waals surface area contributed by atoms with Crippen molar-refractivity contribution in [3.05, 3.63) is 45.3 Å². The summed E-state index contributed by atoms with van der Waals surface area (Å²) in [5, 5.41) is 6.00. The zero-order valence-electron chi connectivity index (χ0n) is 18.0. The standard InChI is InChI=1S/C23H26N4O2S2/c1-14-9-10-19(11-15(14)2)27(16(3)28)23-25-18(13-30-23)12-20-21(29)26-22(31-20)24-17-7-5-4-6-8-17/h9-13,17H,4-8H2,1-3H3,(H,24,26,29)/b20-12-. The van der Waals surface area contributed by atoms with Crippen molar-refractivity contribution in [1.82, 2.24) is 10.3 Å². The van der Waals surface area contributed by atoms with E-state index < -0.39 is 0 Å². The number of nitrogens with zero attached hydrogens (tertiary/aromatic N) is 3. The molecule has 0 bridgehead atoms. The Morgan fingerprint density at radius 1 is 1.23 bits per heavy atom. The summed E-state index contributed by atoms with van der Waals surface area (Å²) in [6.07, 6.45) is 7.64. The molecule has 1 aliphatic heterocycles. The summed E-state index contributed by atoms with van der Waals surface area (Å²) in [7, 11) is 0. The maximum atomic E-state index is 12.4. The van der Waals surface area contributed by atoms with Crippen LogP contribution in [0.1, 0.15) is 55.8 Å². The van der Waals surface area contributed by atoms with Gasteiger partial charge in [0.15, 0.2) is 10.3 Å². The minimum absolute atomic E-state index is 0.105. The molecule has 1 aliphatic carbocycles. The van der Waals surface area contributed by atoms with E-state index in [9.17, 15) is 9.59 Å². The molecule has 1 aromatic carbocycles. The number of thioether (sulfide) groups is 1. The molecule has 162 valence electrons. The van der Waals surface area contributed by atoms with E-state index in [0.29, 0.717) is 26.9 Å². The van der Waals surface area contributed by atoms with Gasteiger partial charge in [0, 0.05) is 12.3 Å². The van der Waals surface area contributed by atoms with Crippen molar-refractivity contribution < 1.29 is 9.59 Å². The van der Waals surface area contributed by atoms with E-state index in [1.807, 2.05) is 37.4 Å². The minimum Gasteiger partial charge on any atom is -0.301 e. The van der Waals surface area contributed by atoms with Crippen LogP contribution in [0.25, 0.3) is 6.08 Å². The van der Waals surface area contributed by atoms with Crippen molar-refractivity contribution in [3.8, 4) is 0 Å². The molecule has 31 heavy (non-hydrogen) atoms. The van der Waals surface area contributed by atoms with Crippen LogP contribution in [0.3, 0.4) is 0 Å². The summed E-state index contributed by atoms with van der Waals surface area (Å²) in [5.41, 5.74) is 3.74. The molecule has 0 spiro atoms. The van der Waals surface area contributed by atoms with Gasteiger partial charge in [-0.25, -0.2) is 4.98 Å². The number of carbonyl (C=O) groups is 2. The molecule has 2 aliphatic rings. The number of aryl methyl sites for hydroxylation is 2. The van der Waals surface area contributed by atoms with Gasteiger partial charge in [-0.2, -0.15) is 0 Å². The van der Waals surface area contributed by atoms with Crippen molar-refractivity contribution in [1.29, 1.82) is 0 Å². The number of amidine groups is 1. The van der Waals surface area contributed by atoms with Gasteiger partial charge < -0.3 is 5.32 Å². The topological polar surface area (TPSA) is 74.7 Å². The van der Waals surface area contributed by atoms with Crippen LogP contribution in [-0.2, 0) is 9.59 Å². The summed E-state index contributed by atoms with van der Waals surface area (Å²) >= 11 is 2.75. The fraction of sp³-hybridized carbons (Fsp3) is 0.391. The smallest absolute Gasteiger partial charge is 0.264 e. The van der Waals surface area contributed by atoms with Crippen LogP contribution < -0.4 is 10.2 Å². The predicted molar refractivity (Wildman–Crippen MR) is 129 cm³/mol. The monoisotopic (exact) mass is 454 g/mol. The number of anilines is 2. The highest BCUT2D eigenvalue weighted by Gasteiger charge is 2.26. The Morgan fingerprint density at radius 3 is 2.71 bits per heavy atom. The molecular formula is C23H26N4O2S2. The first-order valence-electron chi connectivity index (χ1n) is 10.5. The van der Waals surface area contributed by atoms with Gasteiger partial charge in [-0.3, -0.25) is 19.5 Å². The fourth-order valence-corrected chi connectivity index (χ4v) is 5.46. The lowest BCUT2D eigenvalue weighted by Gasteiger charge is -2.19. The number of benzene rings is 1. The third-order valence-corrected chi connectivity index (χ3v) is 7.34. The van der Waals surface area contributed by atoms with Gasteiger partial charge in [-0.15, -0.1) is 11.3 Å². The molecule has 0 unspecified atom stereocenters. The molecule has 1 saturated heterocycles. The van der Waals surface area contributed by atoms with E-state index >= 15 is 0 Å². The summed E-state index contributed by atoms with van der Waals surface area (Å²) < 4.78 is 0. The molecule has 2 heterocycles. The second kappa shape index (κ2) is 9.36. The molecule has 8 heteroatoms. The lowest BCUT2D eigenvalue weighted by molar-refractivity contribution is -0.116. The highest BCUT2D eigenvalue weighted by molar-refractivity contribution is 8.18. The van der Waals surface area contributed by atoms with Gasteiger partial charge in [0.2, 0.25) is 5.91 Å². The number of aromatic nitrogens is 1. The van der Waals surface area contributed by atoms with E-state index in [2.05, 4.69) is 10.3 Å². The van der Waals surface area contributed by atoms with Gasteiger partial charge in [-0.05, 0) is 67.8 Å². The van der Waals surface area contributed by atoms with Crippen molar-refractivity contribution in [2.24, 2.45) is 4.99 Å². The first kappa shape index (κ1) is 21.8. The molecule has 2 fully saturated rings. The largest absolute Gasteiger partial charge is 0.301 e. The first-order valence-corrected chi connectivity index (χ1v) is 12.2. The van der Waals surface area contributed by atoms with Crippen LogP contribution in [-0.4, -0.2) is 28.0 Å². The zero-order chi connectivity index (χ0) is 22.0. The third kappa shape index (κ3) is 5.07. The molecule has 0 atom stereocenters. The molecule has 1 aromatic heterocycles. The van der Waals surface area contributed by atoms with E-state index in [1.165, 1.54) is 54.8 Å². The third-order valence-electron chi connectivity index (χ3n) is 5.57. The Hall–Kier alpha value is -2.45. The van der Waals surface area contributed by atoms with Crippen molar-refractivity contribution in [2.45, 2.75) is 58.9 Å². The van der Waals surface area contributed by atoms with E-state index in [0.717, 1.165) is 24.1 Å². The van der Waals surface area contributed by atoms with Crippen LogP contribution in [0.5, 0.6) is 0 Å². The van der Waals surface area contributed by atoms with Crippen LogP contribution in [0.2, 0.25) is 0 Å². The molecule has 4 rings (SSSR count). The number of thiazole rings is 1. The average molecular weight is 455 g/mol. The van der Waals surface area contributed by atoms with Crippen LogP contribution in [0.15, 0.2) is 33.5 Å². The normalized spacial score (nSPS) is 19.8. The van der Waals surface area contributed by atoms with E-state index in [4.69, 9.17) is 4.99 Å². The molecule has 2 aromatic rings. The lowest BCUT2D eigenvalue weighted by Crippen LogP contribution is -2.22. The lowest BCUT2D eigenvalue weighted by atomic mass is 9.96. The quantitative estimate of drug-likeness (QED) is 0.633. The summed E-state index contributed by atoms with van der Waals surface area (Å²) in [6, 6.07) is 6.23. The van der Waals surface area contributed by atoms with Crippen molar-refractivity contribution in [3.63, 3.8) is 0 Å². The Balaban J connectivity index is 1.54. The highest BCUT2D eigenvalue weighted by Crippen LogP contribution is 2.33. The summed E-state index contributed by atoms with van der Waals surface area (Å²) in [6.45, 7) is 5.60. The average Bonchev–Trinajstić information content (AvgIpc) is 3.32. The molecule has 1 N–H and O–H groups in total. The Morgan fingerprint density at radius 2 is 2.00 bits per heavy atom. The fourth-order valence-electron chi connectivity index (χ4n) is 3.74. The number of aliphatic imine (C=N–C) groups is 1. The number of amides is 2. The van der Waals surface area contributed by atoms with Crippen molar-refractivity contribution >= 4 is 57.0 Å². The van der Waals surface area contributed by atoms with Gasteiger partial charge in [0.05, 0.1) is 22.3 Å². The van der Waals surface area contributed by atoms with Crippen LogP contribution >= 0.6 is 23.1 Å². The van der Waals surface area contributed by atoms with Gasteiger partial charge in [0.25, 0.3) is 5.91 Å². The molecule has 0 radical (unpaired) electrons. The molecule has 6 nitrogen and oxygen atoms in total. The van der Waals surface area contributed by atoms with Crippen LogP contribution in [0, 0.1) is 13.8 Å². The Labute approximate surface area is 190 Å². The highest BCUT2D eigenvalue weighted by atomic mass is 32.2. The first-order chi connectivity index (χ1) is 14.9. The van der Waals surface area contributed by atoms with Gasteiger partial charge in [-0.1, -0.05) is 25.3 Å². The zero-order valence-corrected chi connectivity index (χ0v) is 19.6. The Bertz CT molecular complexity index is 1070. The van der Waals surface area contributed by atoms with Crippen molar-refractivity contribution in [2.75, 3.05) is 4.90 Å². The number of hydrogen-bond donors (Lipinski definition) is 1. The maximum absolute atomic E-state index is 12.4. The Kier molecular flexibility index (Phi) is 6.57. The van der Waals surface area contributed by atoms with Gasteiger partial charge in [0.1, 0.15) is 0 Å². The SMILES string of the molecule is CC(=O)N(c1ccc(C)c(C)c1)c1nc(/C=C2\SC(=NC3CCCCC3)NC2=O)cs1. The molecular weight excluding hydrogens is 428 g/mol. The summed E-state index contributed by atoms with van der Waals surface area (Å²) in [5.74, 6) is -0.251. The molecule has 2 amide bonds. The maximum Gasteiger partial charge on any atom is 0.264 e. The minimum atomic E-state index is -0.147. The second-order valence-corrected chi connectivity index (χ2v) is 9.84. The predicted octanol–water partition coefficient (Wildman–Crippen LogP) is 5.34. The number of carbonyl (C=O) groups excluding carboxylic acids is 2. The second-order valence-electron chi connectivity index (χ2n) is 7.97. The van der Waals surface area contributed by atoms with Gasteiger partial charge >= 0.3 is 0 Å². The van der Waals surface area contributed by atoms with Crippen LogP contribution in [0.4, 0.5) is 10.8 Å².